The standard InChI is InChI=1S/C30H46N4O4/c1-7-10-20-11-16-24-26(25(20)28(36)31-6)30(38)34(23(18-35)17-19(4)5)27(24)29(37)32-21-12-14-22(15-13-21)33(8-2)9-3/h11-16,19-20,23-27,35H,7-10,17-18H2,1-6H3,(H,31,36)(H,32,37)/t20-,23-,24+,25-,26-,27+/m1/s1. The minimum absolute atomic E-state index is 0.0703. The Morgan fingerprint density at radius 1 is 1.05 bits per heavy atom. The van der Waals surface area contributed by atoms with Crippen LogP contribution in [0.3, 0.4) is 0 Å². The Kier molecular flexibility index (Phi) is 10.4. The molecular weight excluding hydrogens is 480 g/mol. The van der Waals surface area contributed by atoms with Gasteiger partial charge in [0.15, 0.2) is 0 Å². The van der Waals surface area contributed by atoms with Crippen LogP contribution < -0.4 is 15.5 Å². The van der Waals surface area contributed by atoms with Crippen molar-refractivity contribution < 1.29 is 19.5 Å². The Hall–Kier alpha value is -2.87. The first-order chi connectivity index (χ1) is 18.2. The maximum Gasteiger partial charge on any atom is 0.247 e. The van der Waals surface area contributed by atoms with E-state index in [4.69, 9.17) is 0 Å². The number of fused-ring (bicyclic) bond motifs is 1. The first kappa shape index (κ1) is 29.7. The molecule has 1 aromatic rings. The average Bonchev–Trinajstić information content (AvgIpc) is 3.20. The summed E-state index contributed by atoms with van der Waals surface area (Å²) in [6, 6.07) is 6.41. The molecule has 8 nitrogen and oxygen atoms in total. The molecule has 3 N–H and O–H groups in total. The van der Waals surface area contributed by atoms with E-state index in [-0.39, 0.29) is 36.2 Å². The van der Waals surface area contributed by atoms with Crippen molar-refractivity contribution in [2.24, 2.45) is 29.6 Å². The zero-order chi connectivity index (χ0) is 28.0. The fourth-order valence-corrected chi connectivity index (χ4v) is 6.35. The molecule has 1 heterocycles. The maximum absolute atomic E-state index is 14.1. The average molecular weight is 527 g/mol. The number of aliphatic hydroxyl groups excluding tert-OH is 1. The molecule has 0 saturated carbocycles. The van der Waals surface area contributed by atoms with Gasteiger partial charge in [-0.05, 0) is 62.8 Å². The summed E-state index contributed by atoms with van der Waals surface area (Å²) in [5.41, 5.74) is 1.73. The van der Waals surface area contributed by atoms with Crippen molar-refractivity contribution in [1.82, 2.24) is 10.2 Å². The number of anilines is 2. The van der Waals surface area contributed by atoms with Gasteiger partial charge in [0.1, 0.15) is 6.04 Å². The van der Waals surface area contributed by atoms with E-state index < -0.39 is 29.8 Å². The smallest absolute Gasteiger partial charge is 0.247 e. The minimum atomic E-state index is -0.808. The van der Waals surface area contributed by atoms with Crippen LogP contribution in [-0.2, 0) is 14.4 Å². The van der Waals surface area contributed by atoms with Crippen LogP contribution in [0.5, 0.6) is 0 Å². The summed E-state index contributed by atoms with van der Waals surface area (Å²) in [6.07, 6.45) is 6.24. The van der Waals surface area contributed by atoms with Crippen molar-refractivity contribution in [1.29, 1.82) is 0 Å². The van der Waals surface area contributed by atoms with Gasteiger partial charge in [0.2, 0.25) is 17.7 Å². The van der Waals surface area contributed by atoms with E-state index in [0.717, 1.165) is 31.6 Å². The van der Waals surface area contributed by atoms with Crippen LogP contribution in [0, 0.1) is 29.6 Å². The summed E-state index contributed by atoms with van der Waals surface area (Å²) in [4.78, 5) is 44.9. The minimum Gasteiger partial charge on any atom is -0.394 e. The fourth-order valence-electron chi connectivity index (χ4n) is 6.35. The van der Waals surface area contributed by atoms with Gasteiger partial charge in [0, 0.05) is 37.4 Å². The number of likely N-dealkylation sites (tertiary alicyclic amines) is 1. The summed E-state index contributed by atoms with van der Waals surface area (Å²) >= 11 is 0. The highest BCUT2D eigenvalue weighted by Crippen LogP contribution is 2.46. The molecule has 1 fully saturated rings. The van der Waals surface area contributed by atoms with Gasteiger partial charge in [0.05, 0.1) is 24.5 Å². The van der Waals surface area contributed by atoms with E-state index >= 15 is 0 Å². The molecule has 38 heavy (non-hydrogen) atoms. The molecule has 3 rings (SSSR count). The van der Waals surface area contributed by atoms with Gasteiger partial charge >= 0.3 is 0 Å². The third-order valence-electron chi connectivity index (χ3n) is 8.10. The van der Waals surface area contributed by atoms with Crippen LogP contribution in [0.1, 0.15) is 53.9 Å². The maximum atomic E-state index is 14.1. The summed E-state index contributed by atoms with van der Waals surface area (Å²) in [7, 11) is 1.59. The van der Waals surface area contributed by atoms with E-state index in [1.165, 1.54) is 0 Å². The lowest BCUT2D eigenvalue weighted by molar-refractivity contribution is -0.143. The van der Waals surface area contributed by atoms with Gasteiger partial charge in [0.25, 0.3) is 0 Å². The van der Waals surface area contributed by atoms with Gasteiger partial charge in [-0.3, -0.25) is 14.4 Å². The van der Waals surface area contributed by atoms with Gasteiger partial charge in [-0.15, -0.1) is 0 Å². The monoisotopic (exact) mass is 526 g/mol. The number of carbonyl (C=O) groups is 3. The molecule has 0 unspecified atom stereocenters. The molecule has 1 aliphatic carbocycles. The van der Waals surface area contributed by atoms with Crippen LogP contribution in [0.4, 0.5) is 11.4 Å². The second kappa shape index (κ2) is 13.3. The molecule has 3 amide bonds. The second-order valence-electron chi connectivity index (χ2n) is 10.9. The Bertz CT molecular complexity index is 988. The van der Waals surface area contributed by atoms with E-state index in [0.29, 0.717) is 12.1 Å². The second-order valence-corrected chi connectivity index (χ2v) is 10.9. The predicted octanol–water partition coefficient (Wildman–Crippen LogP) is 3.67. The number of rotatable bonds is 12. The van der Waals surface area contributed by atoms with E-state index in [9.17, 15) is 19.5 Å². The van der Waals surface area contributed by atoms with Crippen molar-refractivity contribution in [3.8, 4) is 0 Å². The zero-order valence-electron chi connectivity index (χ0n) is 23.8. The number of carbonyl (C=O) groups excluding carboxylic acids is 3. The Balaban J connectivity index is 1.99. The van der Waals surface area contributed by atoms with Gasteiger partial charge in [-0.25, -0.2) is 0 Å². The Morgan fingerprint density at radius 2 is 1.71 bits per heavy atom. The summed E-state index contributed by atoms with van der Waals surface area (Å²) in [5.74, 6) is -2.17. The number of hydrogen-bond donors (Lipinski definition) is 3. The summed E-state index contributed by atoms with van der Waals surface area (Å²) in [6.45, 7) is 11.9. The first-order valence-corrected chi connectivity index (χ1v) is 14.2. The van der Waals surface area contributed by atoms with Crippen molar-refractivity contribution in [2.75, 3.05) is 37.0 Å². The van der Waals surface area contributed by atoms with Crippen LogP contribution in [0.15, 0.2) is 36.4 Å². The Morgan fingerprint density at radius 3 is 2.24 bits per heavy atom. The lowest BCUT2D eigenvalue weighted by Gasteiger charge is -2.34. The molecule has 6 atom stereocenters. The van der Waals surface area contributed by atoms with Crippen LogP contribution >= 0.6 is 0 Å². The normalized spacial score (nSPS) is 25.3. The molecule has 0 spiro atoms. The molecule has 0 aromatic heterocycles. The van der Waals surface area contributed by atoms with Gasteiger partial charge in [-0.1, -0.05) is 39.3 Å². The molecule has 2 aliphatic rings. The number of nitrogens with one attached hydrogen (secondary N) is 2. The largest absolute Gasteiger partial charge is 0.394 e. The van der Waals surface area contributed by atoms with Crippen molar-refractivity contribution >= 4 is 29.1 Å². The van der Waals surface area contributed by atoms with Crippen LogP contribution in [-0.4, -0.2) is 66.6 Å². The molecule has 0 bridgehead atoms. The fraction of sp³-hybridized carbons (Fsp3) is 0.633. The first-order valence-electron chi connectivity index (χ1n) is 14.2. The SMILES string of the molecule is CCC[C@@H]1C=C[C@H]2[C@@H](C(=O)N([C@@H](CO)CC(C)C)[C@@H]2C(=O)Nc2ccc(N(CC)CC)cc2)[C@@H]1C(=O)NC. The molecule has 1 aromatic carbocycles. The third-order valence-corrected chi connectivity index (χ3v) is 8.10. The van der Waals surface area contributed by atoms with Crippen LogP contribution in [0.2, 0.25) is 0 Å². The van der Waals surface area contributed by atoms with Crippen molar-refractivity contribution in [2.45, 2.75) is 66.0 Å². The quantitative estimate of drug-likeness (QED) is 0.361. The molecule has 1 aliphatic heterocycles. The zero-order valence-corrected chi connectivity index (χ0v) is 23.8. The summed E-state index contributed by atoms with van der Waals surface area (Å²) < 4.78 is 0. The third kappa shape index (κ3) is 6.06. The predicted molar refractivity (Wildman–Crippen MR) is 152 cm³/mol. The lowest BCUT2D eigenvalue weighted by atomic mass is 9.68. The highest BCUT2D eigenvalue weighted by atomic mass is 16.3. The highest BCUT2D eigenvalue weighted by molar-refractivity contribution is 6.02. The molecule has 210 valence electrons. The van der Waals surface area contributed by atoms with Gasteiger partial charge < -0.3 is 25.5 Å². The van der Waals surface area contributed by atoms with Crippen LogP contribution in [0.25, 0.3) is 0 Å². The molecule has 0 radical (unpaired) electrons. The van der Waals surface area contributed by atoms with Gasteiger partial charge in [-0.2, -0.15) is 0 Å². The van der Waals surface area contributed by atoms with Crippen molar-refractivity contribution in [3.05, 3.63) is 36.4 Å². The van der Waals surface area contributed by atoms with E-state index in [1.54, 1.807) is 11.9 Å². The summed E-state index contributed by atoms with van der Waals surface area (Å²) in [5, 5.41) is 16.1. The molecule has 1 saturated heterocycles. The number of benzene rings is 1. The molecule has 8 heteroatoms. The number of nitrogens with zero attached hydrogens (tertiary/aromatic N) is 2. The highest BCUT2D eigenvalue weighted by Gasteiger charge is 2.58. The van der Waals surface area contributed by atoms with Crippen molar-refractivity contribution in [3.63, 3.8) is 0 Å². The topological polar surface area (TPSA) is 102 Å². The number of amides is 3. The number of aliphatic hydroxyl groups is 1. The number of allylic oxidation sites excluding steroid dienone is 1. The van der Waals surface area contributed by atoms with E-state index in [1.807, 2.05) is 50.3 Å². The Labute approximate surface area is 227 Å². The molecular formula is C30H46N4O4. The van der Waals surface area contributed by atoms with E-state index in [2.05, 4.69) is 36.3 Å². The number of hydrogen-bond acceptors (Lipinski definition) is 5. The lowest BCUT2D eigenvalue weighted by Crippen LogP contribution is -2.51.